The van der Waals surface area contributed by atoms with Crippen LogP contribution in [0.4, 0.5) is 0 Å². The van der Waals surface area contributed by atoms with E-state index >= 15 is 0 Å². The number of hydrogen-bond acceptors (Lipinski definition) is 2. The summed E-state index contributed by atoms with van der Waals surface area (Å²) in [7, 11) is 0. The predicted octanol–water partition coefficient (Wildman–Crippen LogP) is 3.00. The molecule has 0 radical (unpaired) electrons. The molecular weight excluding hydrogens is 220 g/mol. The van der Waals surface area contributed by atoms with Crippen LogP contribution in [0.5, 0.6) is 0 Å². The number of benzene rings is 1. The van der Waals surface area contributed by atoms with Gasteiger partial charge in [-0.25, -0.2) is 0 Å². The zero-order valence-electron chi connectivity index (χ0n) is 11.4. The molecular formula is C16H26N2. The van der Waals surface area contributed by atoms with Crippen molar-refractivity contribution in [2.75, 3.05) is 26.2 Å². The van der Waals surface area contributed by atoms with Crippen LogP contribution in [0.1, 0.15) is 43.6 Å². The summed E-state index contributed by atoms with van der Waals surface area (Å²) >= 11 is 0. The number of rotatable bonds is 4. The summed E-state index contributed by atoms with van der Waals surface area (Å²) in [5.74, 6) is 0.491. The Hall–Kier alpha value is -0.860. The van der Waals surface area contributed by atoms with Gasteiger partial charge in [-0.3, -0.25) is 0 Å². The average molecular weight is 246 g/mol. The summed E-state index contributed by atoms with van der Waals surface area (Å²) in [6.45, 7) is 4.38. The Morgan fingerprint density at radius 3 is 2.17 bits per heavy atom. The van der Waals surface area contributed by atoms with Crippen molar-refractivity contribution >= 4 is 0 Å². The SMILES string of the molecule is NCC(CN1CCCCCCC1)c1ccccc1. The zero-order valence-corrected chi connectivity index (χ0v) is 11.4. The van der Waals surface area contributed by atoms with E-state index in [2.05, 4.69) is 35.2 Å². The molecule has 2 N–H and O–H groups in total. The van der Waals surface area contributed by atoms with Crippen molar-refractivity contribution < 1.29 is 0 Å². The summed E-state index contributed by atoms with van der Waals surface area (Å²) in [5.41, 5.74) is 7.36. The van der Waals surface area contributed by atoms with Crippen molar-refractivity contribution in [1.29, 1.82) is 0 Å². The molecule has 1 fully saturated rings. The van der Waals surface area contributed by atoms with Crippen LogP contribution < -0.4 is 5.73 Å². The number of nitrogens with zero attached hydrogens (tertiary/aromatic N) is 1. The van der Waals surface area contributed by atoms with E-state index in [9.17, 15) is 0 Å². The van der Waals surface area contributed by atoms with Crippen LogP contribution >= 0.6 is 0 Å². The number of likely N-dealkylation sites (tertiary alicyclic amines) is 1. The minimum Gasteiger partial charge on any atom is -0.330 e. The quantitative estimate of drug-likeness (QED) is 0.885. The molecule has 100 valence electrons. The van der Waals surface area contributed by atoms with Gasteiger partial charge in [0, 0.05) is 19.0 Å². The molecule has 0 aromatic heterocycles. The van der Waals surface area contributed by atoms with Crippen LogP contribution in [0.25, 0.3) is 0 Å². The first-order chi connectivity index (χ1) is 8.90. The minimum atomic E-state index is 0.491. The maximum atomic E-state index is 5.97. The van der Waals surface area contributed by atoms with Gasteiger partial charge in [0.15, 0.2) is 0 Å². The maximum absolute atomic E-state index is 5.97. The summed E-state index contributed by atoms with van der Waals surface area (Å²) < 4.78 is 0. The van der Waals surface area contributed by atoms with Crippen molar-refractivity contribution in [1.82, 2.24) is 4.90 Å². The predicted molar refractivity (Wildman–Crippen MR) is 77.8 cm³/mol. The Kier molecular flexibility index (Phi) is 5.69. The molecule has 1 aromatic carbocycles. The largest absolute Gasteiger partial charge is 0.330 e. The molecule has 0 aliphatic carbocycles. The molecule has 2 nitrogen and oxygen atoms in total. The van der Waals surface area contributed by atoms with Crippen LogP contribution in [0.2, 0.25) is 0 Å². The van der Waals surface area contributed by atoms with Gasteiger partial charge in [0.05, 0.1) is 0 Å². The van der Waals surface area contributed by atoms with Gasteiger partial charge in [-0.05, 0) is 31.5 Å². The Balaban J connectivity index is 1.92. The third-order valence-corrected chi connectivity index (χ3v) is 3.98. The van der Waals surface area contributed by atoms with Gasteiger partial charge in [-0.15, -0.1) is 0 Å². The van der Waals surface area contributed by atoms with Crippen molar-refractivity contribution in [2.24, 2.45) is 5.73 Å². The fourth-order valence-corrected chi connectivity index (χ4v) is 2.85. The highest BCUT2D eigenvalue weighted by Crippen LogP contribution is 2.18. The molecule has 1 unspecified atom stereocenters. The Morgan fingerprint density at radius 1 is 0.944 bits per heavy atom. The summed E-state index contributed by atoms with van der Waals surface area (Å²) in [4.78, 5) is 2.61. The molecule has 2 heteroatoms. The molecule has 0 saturated carbocycles. The van der Waals surface area contributed by atoms with Crippen LogP contribution in [0.3, 0.4) is 0 Å². The molecule has 0 bridgehead atoms. The van der Waals surface area contributed by atoms with Crippen LogP contribution in [0, 0.1) is 0 Å². The fraction of sp³-hybridized carbons (Fsp3) is 0.625. The molecule has 1 saturated heterocycles. The number of nitrogens with two attached hydrogens (primary N) is 1. The smallest absolute Gasteiger partial charge is 0.00888 e. The first-order valence-electron chi connectivity index (χ1n) is 7.37. The molecule has 1 aliphatic rings. The van der Waals surface area contributed by atoms with E-state index in [1.54, 1.807) is 0 Å². The third-order valence-electron chi connectivity index (χ3n) is 3.98. The van der Waals surface area contributed by atoms with Crippen molar-refractivity contribution in [3.63, 3.8) is 0 Å². The lowest BCUT2D eigenvalue weighted by Gasteiger charge is -2.28. The first-order valence-corrected chi connectivity index (χ1v) is 7.37. The standard InChI is InChI=1S/C16H26N2/c17-13-16(15-9-5-4-6-10-15)14-18-11-7-2-1-3-8-12-18/h4-6,9-10,16H,1-3,7-8,11-14,17H2. The average Bonchev–Trinajstić information content (AvgIpc) is 2.39. The van der Waals surface area contributed by atoms with Crippen molar-refractivity contribution in [2.45, 2.75) is 38.0 Å². The van der Waals surface area contributed by atoms with E-state index in [-0.39, 0.29) is 0 Å². The summed E-state index contributed by atoms with van der Waals surface area (Å²) in [5, 5.41) is 0. The van der Waals surface area contributed by atoms with Crippen LogP contribution in [-0.2, 0) is 0 Å². The van der Waals surface area contributed by atoms with Crippen molar-refractivity contribution in [3.05, 3.63) is 35.9 Å². The van der Waals surface area contributed by atoms with Gasteiger partial charge < -0.3 is 10.6 Å². The van der Waals surface area contributed by atoms with Gasteiger partial charge in [0.25, 0.3) is 0 Å². The lowest BCUT2D eigenvalue weighted by molar-refractivity contribution is 0.234. The lowest BCUT2D eigenvalue weighted by atomic mass is 9.98. The van der Waals surface area contributed by atoms with E-state index in [1.165, 1.54) is 50.8 Å². The molecule has 2 rings (SSSR count). The third kappa shape index (κ3) is 4.11. The van der Waals surface area contributed by atoms with Gasteiger partial charge in [0.2, 0.25) is 0 Å². The highest BCUT2D eigenvalue weighted by molar-refractivity contribution is 5.20. The highest BCUT2D eigenvalue weighted by Gasteiger charge is 2.15. The van der Waals surface area contributed by atoms with Gasteiger partial charge >= 0.3 is 0 Å². The van der Waals surface area contributed by atoms with E-state index < -0.39 is 0 Å². The highest BCUT2D eigenvalue weighted by atomic mass is 15.1. The molecule has 18 heavy (non-hydrogen) atoms. The molecule has 1 aromatic rings. The first kappa shape index (κ1) is 13.6. The van der Waals surface area contributed by atoms with E-state index in [1.807, 2.05) is 0 Å². The second-order valence-corrected chi connectivity index (χ2v) is 5.41. The second-order valence-electron chi connectivity index (χ2n) is 5.41. The van der Waals surface area contributed by atoms with E-state index in [4.69, 9.17) is 5.73 Å². The minimum absolute atomic E-state index is 0.491. The topological polar surface area (TPSA) is 29.3 Å². The molecule has 1 aliphatic heterocycles. The fourth-order valence-electron chi connectivity index (χ4n) is 2.85. The van der Waals surface area contributed by atoms with Crippen LogP contribution in [-0.4, -0.2) is 31.1 Å². The van der Waals surface area contributed by atoms with E-state index in [0.29, 0.717) is 5.92 Å². The van der Waals surface area contributed by atoms with Gasteiger partial charge in [0.1, 0.15) is 0 Å². The monoisotopic (exact) mass is 246 g/mol. The lowest BCUT2D eigenvalue weighted by Crippen LogP contribution is -2.34. The summed E-state index contributed by atoms with van der Waals surface area (Å²) in [6, 6.07) is 10.7. The second kappa shape index (κ2) is 7.55. The molecule has 1 heterocycles. The van der Waals surface area contributed by atoms with Crippen molar-refractivity contribution in [3.8, 4) is 0 Å². The zero-order chi connectivity index (χ0) is 12.6. The molecule has 1 atom stereocenters. The van der Waals surface area contributed by atoms with Gasteiger partial charge in [-0.2, -0.15) is 0 Å². The Bertz CT molecular complexity index is 315. The van der Waals surface area contributed by atoms with Crippen LogP contribution in [0.15, 0.2) is 30.3 Å². The normalized spacial score (nSPS) is 20.1. The summed E-state index contributed by atoms with van der Waals surface area (Å²) in [6.07, 6.45) is 6.93. The number of hydrogen-bond donors (Lipinski definition) is 1. The Morgan fingerprint density at radius 2 is 1.56 bits per heavy atom. The molecule has 0 amide bonds. The molecule has 0 spiro atoms. The van der Waals surface area contributed by atoms with Gasteiger partial charge in [-0.1, -0.05) is 49.6 Å². The van der Waals surface area contributed by atoms with E-state index in [0.717, 1.165) is 13.1 Å². The maximum Gasteiger partial charge on any atom is 0.00888 e. The Labute approximate surface area is 111 Å².